The second-order valence-corrected chi connectivity index (χ2v) is 9.23. The summed E-state index contributed by atoms with van der Waals surface area (Å²) in [6.45, 7) is 3.50. The molecule has 0 radical (unpaired) electrons. The Kier molecular flexibility index (Phi) is 7.33. The van der Waals surface area contributed by atoms with Crippen LogP contribution in [0.5, 0.6) is 0 Å². The number of sulfone groups is 1. The van der Waals surface area contributed by atoms with Crippen LogP contribution in [0, 0.1) is 13.8 Å². The smallest absolute Gasteiger partial charge is 0.253 e. The molecule has 0 fully saturated rings. The molecule has 29 heavy (non-hydrogen) atoms. The first kappa shape index (κ1) is 22.4. The molecule has 1 heterocycles. The largest absolute Gasteiger partial charge is 0.350 e. The van der Waals surface area contributed by atoms with E-state index in [2.05, 4.69) is 15.6 Å². The van der Waals surface area contributed by atoms with E-state index in [-0.39, 0.29) is 24.3 Å². The molecule has 0 unspecified atom stereocenters. The van der Waals surface area contributed by atoms with E-state index >= 15 is 0 Å². The Balaban J connectivity index is 2.13. The fraction of sp³-hybridized carbons (Fsp3) is 0.350. The number of amides is 2. The lowest BCUT2D eigenvalue weighted by molar-refractivity contribution is -0.123. The van der Waals surface area contributed by atoms with Crippen LogP contribution >= 0.6 is 0 Å². The average molecular weight is 420 g/mol. The Morgan fingerprint density at radius 1 is 1.14 bits per heavy atom. The van der Waals surface area contributed by atoms with Crippen LogP contribution in [-0.2, 0) is 21.2 Å². The van der Waals surface area contributed by atoms with Gasteiger partial charge in [0, 0.05) is 29.6 Å². The average Bonchev–Trinajstić information content (AvgIpc) is 2.63. The predicted molar refractivity (Wildman–Crippen MR) is 110 cm³/mol. The molecule has 0 spiro atoms. The Hall–Kier alpha value is -2.94. The molecule has 2 aromatic rings. The summed E-state index contributed by atoms with van der Waals surface area (Å²) in [5.74, 6) is -1.30. The van der Waals surface area contributed by atoms with Gasteiger partial charge in [-0.1, -0.05) is 18.2 Å². The Morgan fingerprint density at radius 2 is 1.79 bits per heavy atom. The highest BCUT2D eigenvalue weighted by atomic mass is 32.2. The lowest BCUT2D eigenvalue weighted by Gasteiger charge is -2.18. The van der Waals surface area contributed by atoms with Crippen LogP contribution in [0.25, 0.3) is 0 Å². The van der Waals surface area contributed by atoms with Crippen molar-refractivity contribution in [3.05, 3.63) is 69.1 Å². The second-order valence-electron chi connectivity index (χ2n) is 6.97. The topological polar surface area (TPSA) is 125 Å². The van der Waals surface area contributed by atoms with Crippen LogP contribution in [0.2, 0.25) is 0 Å². The fourth-order valence-corrected chi connectivity index (χ4v) is 3.50. The molecule has 0 saturated heterocycles. The van der Waals surface area contributed by atoms with Gasteiger partial charge in [-0.2, -0.15) is 0 Å². The summed E-state index contributed by atoms with van der Waals surface area (Å²) in [4.78, 5) is 39.8. The maximum atomic E-state index is 12.7. The number of H-pyrrole nitrogens is 1. The molecule has 156 valence electrons. The fourth-order valence-electron chi connectivity index (χ4n) is 2.83. The molecule has 8 nitrogen and oxygen atoms in total. The number of hydrogen-bond acceptors (Lipinski definition) is 5. The van der Waals surface area contributed by atoms with Gasteiger partial charge in [0.15, 0.2) is 0 Å². The van der Waals surface area contributed by atoms with Gasteiger partial charge in [0.1, 0.15) is 15.9 Å². The predicted octanol–water partition coefficient (Wildman–Crippen LogP) is 0.841. The normalized spacial score (nSPS) is 12.2. The summed E-state index contributed by atoms with van der Waals surface area (Å²) in [6.07, 6.45) is 0.989. The quantitative estimate of drug-likeness (QED) is 0.585. The van der Waals surface area contributed by atoms with Crippen molar-refractivity contribution in [3.63, 3.8) is 0 Å². The number of nitrogens with one attached hydrogen (secondary N) is 3. The second kappa shape index (κ2) is 9.51. The molecular formula is C20H25N3O5S. The zero-order valence-electron chi connectivity index (χ0n) is 16.6. The van der Waals surface area contributed by atoms with Gasteiger partial charge in [-0.25, -0.2) is 8.42 Å². The molecule has 0 aliphatic heterocycles. The maximum Gasteiger partial charge on any atom is 0.253 e. The van der Waals surface area contributed by atoms with Gasteiger partial charge in [-0.05, 0) is 44.0 Å². The number of carbonyl (C=O) groups excluding carboxylic acids is 2. The molecule has 2 rings (SSSR count). The lowest BCUT2D eigenvalue weighted by atomic mass is 10.1. The number of aromatic nitrogens is 1. The van der Waals surface area contributed by atoms with Crippen molar-refractivity contribution in [2.24, 2.45) is 0 Å². The van der Waals surface area contributed by atoms with Crippen LogP contribution in [0.1, 0.15) is 33.6 Å². The Morgan fingerprint density at radius 3 is 2.38 bits per heavy atom. The summed E-state index contributed by atoms with van der Waals surface area (Å²) in [5, 5.41) is 5.20. The molecule has 9 heteroatoms. The van der Waals surface area contributed by atoms with E-state index in [0.717, 1.165) is 11.8 Å². The van der Waals surface area contributed by atoms with Crippen LogP contribution in [0.15, 0.2) is 41.2 Å². The van der Waals surface area contributed by atoms with Crippen molar-refractivity contribution >= 4 is 21.7 Å². The summed E-state index contributed by atoms with van der Waals surface area (Å²) in [7, 11) is -3.32. The van der Waals surface area contributed by atoms with Crippen molar-refractivity contribution in [1.29, 1.82) is 0 Å². The highest BCUT2D eigenvalue weighted by Gasteiger charge is 2.23. The van der Waals surface area contributed by atoms with E-state index in [1.807, 2.05) is 0 Å². The number of rotatable bonds is 8. The van der Waals surface area contributed by atoms with E-state index in [1.165, 1.54) is 0 Å². The Labute approximate surface area is 169 Å². The van der Waals surface area contributed by atoms with Crippen LogP contribution < -0.4 is 16.2 Å². The third kappa shape index (κ3) is 6.86. The first-order valence-electron chi connectivity index (χ1n) is 9.07. The third-order valence-electron chi connectivity index (χ3n) is 4.37. The van der Waals surface area contributed by atoms with E-state index in [4.69, 9.17) is 0 Å². The van der Waals surface area contributed by atoms with Crippen molar-refractivity contribution in [3.8, 4) is 0 Å². The molecule has 0 bridgehead atoms. The molecule has 1 aromatic carbocycles. The van der Waals surface area contributed by atoms with Gasteiger partial charge in [-0.15, -0.1) is 0 Å². The van der Waals surface area contributed by atoms with E-state index in [1.54, 1.807) is 50.2 Å². The molecule has 0 aliphatic carbocycles. The highest BCUT2D eigenvalue weighted by Crippen LogP contribution is 2.05. The minimum Gasteiger partial charge on any atom is -0.350 e. The summed E-state index contributed by atoms with van der Waals surface area (Å²) < 4.78 is 23.0. The highest BCUT2D eigenvalue weighted by molar-refractivity contribution is 7.90. The van der Waals surface area contributed by atoms with Crippen molar-refractivity contribution in [2.45, 2.75) is 32.9 Å². The van der Waals surface area contributed by atoms with Gasteiger partial charge in [0.25, 0.3) is 11.5 Å². The summed E-state index contributed by atoms with van der Waals surface area (Å²) in [6, 6.07) is 9.06. The molecule has 1 aromatic heterocycles. The molecule has 2 amide bonds. The van der Waals surface area contributed by atoms with Crippen LogP contribution in [0.3, 0.4) is 0 Å². The van der Waals surface area contributed by atoms with Gasteiger partial charge in [0.05, 0.1) is 5.75 Å². The standard InChI is InChI=1S/C20H25N3O5S/c1-13-11-14(2)22-19(25)16(13)12-21-20(26)17(9-10-29(3,27)28)23-18(24)15-7-5-4-6-8-15/h4-8,11,17H,9-10,12H2,1-3H3,(H,21,26)(H,22,25)(H,23,24)/t17-/m1/s1. The van der Waals surface area contributed by atoms with Crippen LogP contribution in [-0.4, -0.2) is 43.3 Å². The number of carbonyl (C=O) groups is 2. The number of pyridine rings is 1. The first-order chi connectivity index (χ1) is 13.6. The molecule has 1 atom stereocenters. The van der Waals surface area contributed by atoms with E-state index < -0.39 is 27.7 Å². The lowest BCUT2D eigenvalue weighted by Crippen LogP contribution is -2.47. The van der Waals surface area contributed by atoms with Crippen LogP contribution in [0.4, 0.5) is 0 Å². The number of benzene rings is 1. The molecular weight excluding hydrogens is 394 g/mol. The Bertz CT molecular complexity index is 1050. The third-order valence-corrected chi connectivity index (χ3v) is 5.35. The zero-order valence-corrected chi connectivity index (χ0v) is 17.4. The summed E-state index contributed by atoms with van der Waals surface area (Å²) in [5.41, 5.74) is 1.90. The first-order valence-corrected chi connectivity index (χ1v) is 11.1. The van der Waals surface area contributed by atoms with Gasteiger partial charge < -0.3 is 15.6 Å². The molecule has 3 N–H and O–H groups in total. The van der Waals surface area contributed by atoms with Gasteiger partial charge in [0.2, 0.25) is 5.91 Å². The van der Waals surface area contributed by atoms with Crippen molar-refractivity contribution < 1.29 is 18.0 Å². The minimum absolute atomic E-state index is 0.0309. The molecule has 0 saturated carbocycles. The van der Waals surface area contributed by atoms with E-state index in [0.29, 0.717) is 16.8 Å². The van der Waals surface area contributed by atoms with Gasteiger partial charge >= 0.3 is 0 Å². The maximum absolute atomic E-state index is 12.7. The number of aryl methyl sites for hydroxylation is 2. The van der Waals surface area contributed by atoms with E-state index in [9.17, 15) is 22.8 Å². The summed E-state index contributed by atoms with van der Waals surface area (Å²) >= 11 is 0. The SMILES string of the molecule is Cc1cc(C)c(CNC(=O)[C@@H](CCS(C)(=O)=O)NC(=O)c2ccccc2)c(=O)[nH]1. The number of aromatic amines is 1. The molecule has 0 aliphatic rings. The van der Waals surface area contributed by atoms with Crippen molar-refractivity contribution in [2.75, 3.05) is 12.0 Å². The number of hydrogen-bond donors (Lipinski definition) is 3. The van der Waals surface area contributed by atoms with Crippen molar-refractivity contribution in [1.82, 2.24) is 15.6 Å². The van der Waals surface area contributed by atoms with Gasteiger partial charge in [-0.3, -0.25) is 14.4 Å². The zero-order chi connectivity index (χ0) is 21.6. The minimum atomic E-state index is -3.32. The monoisotopic (exact) mass is 419 g/mol.